The Labute approximate surface area is 165 Å². The molecule has 0 spiro atoms. The number of hydrogen-bond acceptors (Lipinski definition) is 6. The predicted octanol–water partition coefficient (Wildman–Crippen LogP) is 3.92. The number of aromatic nitrogens is 3. The number of thiophene rings is 1. The third-order valence-electron chi connectivity index (χ3n) is 4.96. The van der Waals surface area contributed by atoms with E-state index < -0.39 is 0 Å². The Bertz CT molecular complexity index is 1050. The average molecular weight is 402 g/mol. The van der Waals surface area contributed by atoms with Crippen LogP contribution in [0.15, 0.2) is 35.7 Å². The number of nitro groups is 1. The molecule has 3 aromatic rings. The van der Waals surface area contributed by atoms with Crippen molar-refractivity contribution in [3.63, 3.8) is 0 Å². The Hall–Kier alpha value is -2.52. The molecule has 0 bridgehead atoms. The summed E-state index contributed by atoms with van der Waals surface area (Å²) in [5.74, 6) is 0.929. The lowest BCUT2D eigenvalue weighted by Gasteiger charge is -2.24. The Morgan fingerprint density at radius 2 is 2.22 bits per heavy atom. The normalized spacial score (nSPS) is 15.9. The van der Waals surface area contributed by atoms with Crippen LogP contribution >= 0.6 is 23.6 Å². The fourth-order valence-corrected chi connectivity index (χ4v) is 4.41. The fraction of sp³-hybridized carbons (Fsp3) is 0.333. The highest BCUT2D eigenvalue weighted by Crippen LogP contribution is 2.35. The quantitative estimate of drug-likeness (QED) is 0.368. The number of nitrogens with zero attached hydrogens (tertiary/aromatic N) is 5. The molecule has 0 radical (unpaired) electrons. The second kappa shape index (κ2) is 6.90. The molecule has 2 aromatic heterocycles. The van der Waals surface area contributed by atoms with Crippen LogP contribution in [0.4, 0.5) is 11.4 Å². The minimum atomic E-state index is -0.348. The molecule has 9 heteroatoms. The Morgan fingerprint density at radius 3 is 2.93 bits per heavy atom. The van der Waals surface area contributed by atoms with E-state index in [4.69, 9.17) is 17.3 Å². The highest BCUT2D eigenvalue weighted by molar-refractivity contribution is 7.71. The van der Waals surface area contributed by atoms with Crippen molar-refractivity contribution in [3.8, 4) is 0 Å². The lowest BCUT2D eigenvalue weighted by molar-refractivity contribution is -0.384. The molecule has 3 heterocycles. The molecular weight excluding hydrogens is 382 g/mol. The van der Waals surface area contributed by atoms with E-state index in [1.54, 1.807) is 23.5 Å². The van der Waals surface area contributed by atoms with Gasteiger partial charge in [-0.3, -0.25) is 10.1 Å². The minimum Gasteiger partial charge on any atom is -0.349 e. The molecule has 0 amide bonds. The maximum Gasteiger partial charge on any atom is 0.269 e. The van der Waals surface area contributed by atoms with Crippen LogP contribution in [0.3, 0.4) is 0 Å². The van der Waals surface area contributed by atoms with Gasteiger partial charge in [0.05, 0.1) is 4.92 Å². The van der Waals surface area contributed by atoms with Crippen LogP contribution in [0.1, 0.15) is 23.2 Å². The number of anilines is 1. The average Bonchev–Trinajstić information content (AvgIpc) is 3.32. The summed E-state index contributed by atoms with van der Waals surface area (Å²) in [6.45, 7) is 2.65. The van der Waals surface area contributed by atoms with Crippen molar-refractivity contribution in [1.82, 2.24) is 14.3 Å². The zero-order valence-corrected chi connectivity index (χ0v) is 16.7. The van der Waals surface area contributed by atoms with Gasteiger partial charge >= 0.3 is 0 Å². The molecule has 0 saturated carbocycles. The molecule has 0 aliphatic carbocycles. The first-order valence-electron chi connectivity index (χ1n) is 8.63. The maximum atomic E-state index is 11.0. The fourth-order valence-electron chi connectivity index (χ4n) is 3.50. The van der Waals surface area contributed by atoms with Gasteiger partial charge in [0.2, 0.25) is 0 Å². The molecule has 0 fully saturated rings. The third-order valence-corrected chi connectivity index (χ3v) is 6.32. The predicted molar refractivity (Wildman–Crippen MR) is 108 cm³/mol. The zero-order valence-electron chi connectivity index (χ0n) is 15.0. The SMILES string of the molecule is C[C@H]1Cc2cc([N+](=O)[O-])ccc2N1Cn1nc(Cc2cccs2)n(C)c1=S. The van der Waals surface area contributed by atoms with Crippen LogP contribution in [0.2, 0.25) is 0 Å². The molecule has 1 aromatic carbocycles. The first-order chi connectivity index (χ1) is 12.9. The van der Waals surface area contributed by atoms with Crippen LogP contribution in [-0.4, -0.2) is 25.3 Å². The standard InChI is InChI=1S/C18H19N5O2S2/c1-12-8-13-9-14(23(24)25)5-6-16(13)21(12)11-22-18(26)20(2)17(19-22)10-15-4-3-7-27-15/h3-7,9,12H,8,10-11H2,1-2H3/t12-/m0/s1. The van der Waals surface area contributed by atoms with Gasteiger partial charge in [-0.25, -0.2) is 4.68 Å². The molecule has 27 heavy (non-hydrogen) atoms. The van der Waals surface area contributed by atoms with E-state index in [0.717, 1.165) is 29.9 Å². The molecule has 7 nitrogen and oxygen atoms in total. The Kier molecular flexibility index (Phi) is 4.56. The summed E-state index contributed by atoms with van der Waals surface area (Å²) in [6, 6.07) is 9.42. The van der Waals surface area contributed by atoms with Gasteiger partial charge < -0.3 is 9.47 Å². The Balaban J connectivity index is 1.62. The minimum absolute atomic E-state index is 0.135. The van der Waals surface area contributed by atoms with Crippen molar-refractivity contribution in [1.29, 1.82) is 0 Å². The van der Waals surface area contributed by atoms with E-state index in [9.17, 15) is 10.1 Å². The second-order valence-electron chi connectivity index (χ2n) is 6.75. The van der Waals surface area contributed by atoms with E-state index in [0.29, 0.717) is 11.4 Å². The summed E-state index contributed by atoms with van der Waals surface area (Å²) in [5.41, 5.74) is 2.15. The van der Waals surface area contributed by atoms with E-state index in [-0.39, 0.29) is 16.7 Å². The number of hydrogen-bond donors (Lipinski definition) is 0. The number of fused-ring (bicyclic) bond motifs is 1. The smallest absolute Gasteiger partial charge is 0.269 e. The van der Waals surface area contributed by atoms with Gasteiger partial charge in [0.1, 0.15) is 12.5 Å². The van der Waals surface area contributed by atoms with Gasteiger partial charge in [-0.2, -0.15) is 5.10 Å². The Morgan fingerprint density at radius 1 is 1.41 bits per heavy atom. The molecule has 0 saturated heterocycles. The zero-order chi connectivity index (χ0) is 19.1. The molecule has 1 atom stereocenters. The number of nitro benzene ring substituents is 1. The van der Waals surface area contributed by atoms with Crippen molar-refractivity contribution < 1.29 is 4.92 Å². The van der Waals surface area contributed by atoms with Gasteiger partial charge in [-0.15, -0.1) is 11.3 Å². The highest BCUT2D eigenvalue weighted by Gasteiger charge is 2.28. The van der Waals surface area contributed by atoms with Crippen molar-refractivity contribution in [2.24, 2.45) is 7.05 Å². The topological polar surface area (TPSA) is 69.1 Å². The van der Waals surface area contributed by atoms with E-state index >= 15 is 0 Å². The van der Waals surface area contributed by atoms with Gasteiger partial charge in [0.25, 0.3) is 5.69 Å². The van der Waals surface area contributed by atoms with E-state index in [1.807, 2.05) is 28.4 Å². The van der Waals surface area contributed by atoms with Crippen molar-refractivity contribution >= 4 is 34.9 Å². The van der Waals surface area contributed by atoms with Gasteiger partial charge in [-0.05, 0) is 48.6 Å². The van der Waals surface area contributed by atoms with Crippen molar-refractivity contribution in [2.45, 2.75) is 32.5 Å². The van der Waals surface area contributed by atoms with Crippen LogP contribution in [0.5, 0.6) is 0 Å². The van der Waals surface area contributed by atoms with Gasteiger partial charge in [-0.1, -0.05) is 6.07 Å². The molecule has 4 rings (SSSR count). The number of benzene rings is 1. The summed E-state index contributed by atoms with van der Waals surface area (Å²) in [6.07, 6.45) is 1.53. The monoisotopic (exact) mass is 401 g/mol. The molecule has 140 valence electrons. The number of rotatable bonds is 5. The molecular formula is C18H19N5O2S2. The lowest BCUT2D eigenvalue weighted by Crippen LogP contribution is -2.32. The molecule has 0 unspecified atom stereocenters. The molecule has 1 aliphatic rings. The largest absolute Gasteiger partial charge is 0.349 e. The summed E-state index contributed by atoms with van der Waals surface area (Å²) in [7, 11) is 1.94. The van der Waals surface area contributed by atoms with Crippen LogP contribution in [0.25, 0.3) is 0 Å². The first kappa shape index (κ1) is 17.9. The van der Waals surface area contributed by atoms with Gasteiger partial charge in [0, 0.05) is 42.2 Å². The van der Waals surface area contributed by atoms with Crippen LogP contribution in [0, 0.1) is 14.9 Å². The summed E-state index contributed by atoms with van der Waals surface area (Å²) >= 11 is 7.29. The van der Waals surface area contributed by atoms with Crippen molar-refractivity contribution in [3.05, 3.63) is 66.9 Å². The first-order valence-corrected chi connectivity index (χ1v) is 9.92. The van der Waals surface area contributed by atoms with E-state index in [1.165, 1.54) is 4.88 Å². The maximum absolute atomic E-state index is 11.0. The van der Waals surface area contributed by atoms with Gasteiger partial charge in [0.15, 0.2) is 4.77 Å². The second-order valence-corrected chi connectivity index (χ2v) is 8.15. The number of non-ortho nitro benzene ring substituents is 1. The van der Waals surface area contributed by atoms with E-state index in [2.05, 4.69) is 23.3 Å². The lowest BCUT2D eigenvalue weighted by atomic mass is 10.1. The highest BCUT2D eigenvalue weighted by atomic mass is 32.1. The van der Waals surface area contributed by atoms with Crippen LogP contribution in [-0.2, 0) is 26.6 Å². The third kappa shape index (κ3) is 3.28. The summed E-state index contributed by atoms with van der Waals surface area (Å²) < 4.78 is 4.46. The summed E-state index contributed by atoms with van der Waals surface area (Å²) in [4.78, 5) is 14.1. The van der Waals surface area contributed by atoms with Crippen LogP contribution < -0.4 is 4.90 Å². The summed E-state index contributed by atoms with van der Waals surface area (Å²) in [5, 5.41) is 17.8. The molecule has 0 N–H and O–H groups in total. The van der Waals surface area contributed by atoms with Crippen molar-refractivity contribution in [2.75, 3.05) is 4.90 Å². The molecule has 1 aliphatic heterocycles.